The smallest absolute Gasteiger partial charge is 0.307 e. The topological polar surface area (TPSA) is 75.6 Å². The predicted molar refractivity (Wildman–Crippen MR) is 65.0 cm³/mol. The molecule has 5 nitrogen and oxygen atoms in total. The molecule has 4 atom stereocenters. The van der Waals surface area contributed by atoms with Gasteiger partial charge in [0.05, 0.1) is 17.9 Å². The van der Waals surface area contributed by atoms with Gasteiger partial charge in [-0.05, 0) is 25.2 Å². The molecule has 2 aliphatic rings. The summed E-state index contributed by atoms with van der Waals surface area (Å²) in [5, 5.41) is 12.0. The molecule has 1 aliphatic carbocycles. The van der Waals surface area contributed by atoms with Gasteiger partial charge in [-0.25, -0.2) is 0 Å². The third kappa shape index (κ3) is 2.36. The molecule has 18 heavy (non-hydrogen) atoms. The van der Waals surface area contributed by atoms with E-state index in [2.05, 4.69) is 5.32 Å². The number of carbonyl (C=O) groups excluding carboxylic acids is 1. The summed E-state index contributed by atoms with van der Waals surface area (Å²) >= 11 is 0. The largest absolute Gasteiger partial charge is 0.481 e. The number of aliphatic carboxylic acids is 1. The van der Waals surface area contributed by atoms with E-state index in [-0.39, 0.29) is 18.1 Å². The van der Waals surface area contributed by atoms with Crippen LogP contribution < -0.4 is 5.32 Å². The van der Waals surface area contributed by atoms with Crippen LogP contribution in [-0.2, 0) is 14.3 Å². The maximum atomic E-state index is 12.1. The van der Waals surface area contributed by atoms with Crippen LogP contribution in [0.3, 0.4) is 0 Å². The lowest BCUT2D eigenvalue weighted by molar-refractivity contribution is -0.140. The van der Waals surface area contributed by atoms with Crippen molar-refractivity contribution in [1.29, 1.82) is 0 Å². The van der Waals surface area contributed by atoms with Gasteiger partial charge in [0.25, 0.3) is 0 Å². The van der Waals surface area contributed by atoms with Crippen LogP contribution in [-0.4, -0.2) is 35.7 Å². The Morgan fingerprint density at radius 3 is 2.50 bits per heavy atom. The van der Waals surface area contributed by atoms with Crippen molar-refractivity contribution in [3.63, 3.8) is 0 Å². The highest BCUT2D eigenvalue weighted by Crippen LogP contribution is 2.58. The molecule has 1 saturated heterocycles. The third-order valence-corrected chi connectivity index (χ3v) is 4.21. The molecule has 0 aromatic heterocycles. The second-order valence-corrected chi connectivity index (χ2v) is 6.03. The number of rotatable bonds is 3. The molecule has 0 aromatic rings. The van der Waals surface area contributed by atoms with Crippen molar-refractivity contribution >= 4 is 11.9 Å². The summed E-state index contributed by atoms with van der Waals surface area (Å²) in [5.74, 6) is -1.94. The average molecular weight is 255 g/mol. The van der Waals surface area contributed by atoms with Crippen molar-refractivity contribution in [2.75, 3.05) is 6.61 Å². The first-order valence-electron chi connectivity index (χ1n) is 6.49. The molecule has 0 bridgehead atoms. The summed E-state index contributed by atoms with van der Waals surface area (Å²) in [6.07, 6.45) is 1.77. The first-order chi connectivity index (χ1) is 8.34. The van der Waals surface area contributed by atoms with Gasteiger partial charge in [0.2, 0.25) is 5.91 Å². The second kappa shape index (κ2) is 4.53. The Morgan fingerprint density at radius 1 is 1.33 bits per heavy atom. The molecule has 102 valence electrons. The van der Waals surface area contributed by atoms with Gasteiger partial charge >= 0.3 is 5.97 Å². The Bertz CT molecular complexity index is 366. The van der Waals surface area contributed by atoms with E-state index in [0.717, 1.165) is 12.8 Å². The van der Waals surface area contributed by atoms with Gasteiger partial charge < -0.3 is 15.2 Å². The van der Waals surface area contributed by atoms with Crippen molar-refractivity contribution in [1.82, 2.24) is 5.32 Å². The number of nitrogens with one attached hydrogen (secondary N) is 1. The van der Waals surface area contributed by atoms with Crippen molar-refractivity contribution in [2.24, 2.45) is 17.3 Å². The Balaban J connectivity index is 1.91. The molecule has 1 amide bonds. The van der Waals surface area contributed by atoms with Crippen LogP contribution in [0.5, 0.6) is 0 Å². The van der Waals surface area contributed by atoms with Crippen molar-refractivity contribution in [3.8, 4) is 0 Å². The fraction of sp³-hybridized carbons (Fsp3) is 0.846. The number of carboxylic acids is 1. The van der Waals surface area contributed by atoms with Crippen LogP contribution >= 0.6 is 0 Å². The second-order valence-electron chi connectivity index (χ2n) is 6.03. The number of hydrogen-bond acceptors (Lipinski definition) is 3. The van der Waals surface area contributed by atoms with Crippen molar-refractivity contribution in [3.05, 3.63) is 0 Å². The zero-order chi connectivity index (χ0) is 13.5. The molecule has 0 aromatic carbocycles. The van der Waals surface area contributed by atoms with E-state index >= 15 is 0 Å². The van der Waals surface area contributed by atoms with E-state index in [1.165, 1.54) is 0 Å². The molecule has 1 heterocycles. The predicted octanol–water partition coefficient (Wildman–Crippen LogP) is 1.03. The lowest BCUT2D eigenvalue weighted by Gasteiger charge is -2.28. The monoisotopic (exact) mass is 255 g/mol. The fourth-order valence-electron chi connectivity index (χ4n) is 3.01. The number of hydrogen-bond donors (Lipinski definition) is 2. The molecule has 5 heteroatoms. The highest BCUT2D eigenvalue weighted by Gasteiger charge is 2.66. The van der Waals surface area contributed by atoms with Gasteiger partial charge in [0.1, 0.15) is 0 Å². The van der Waals surface area contributed by atoms with Crippen LogP contribution in [0.2, 0.25) is 0 Å². The maximum Gasteiger partial charge on any atom is 0.307 e. The van der Waals surface area contributed by atoms with Gasteiger partial charge in [-0.2, -0.15) is 0 Å². The Morgan fingerprint density at radius 2 is 2.00 bits per heavy atom. The van der Waals surface area contributed by atoms with Gasteiger partial charge in [0, 0.05) is 12.6 Å². The minimum Gasteiger partial charge on any atom is -0.481 e. The molecule has 0 spiro atoms. The molecular formula is C13H21NO4. The fourth-order valence-corrected chi connectivity index (χ4v) is 3.01. The zero-order valence-electron chi connectivity index (χ0n) is 11.1. The third-order valence-electron chi connectivity index (χ3n) is 4.21. The van der Waals surface area contributed by atoms with Gasteiger partial charge in [-0.3, -0.25) is 9.59 Å². The van der Waals surface area contributed by atoms with Crippen molar-refractivity contribution in [2.45, 2.75) is 45.8 Å². The summed E-state index contributed by atoms with van der Waals surface area (Å²) in [7, 11) is 0. The molecule has 2 rings (SSSR count). The molecule has 1 saturated carbocycles. The average Bonchev–Trinajstić information content (AvgIpc) is 2.81. The van der Waals surface area contributed by atoms with Crippen LogP contribution in [0, 0.1) is 17.3 Å². The van der Waals surface area contributed by atoms with E-state index in [0.29, 0.717) is 6.61 Å². The van der Waals surface area contributed by atoms with E-state index < -0.39 is 23.2 Å². The summed E-state index contributed by atoms with van der Waals surface area (Å²) in [5.41, 5.74) is -0.424. The van der Waals surface area contributed by atoms with E-state index in [9.17, 15) is 9.59 Å². The number of carbonyl (C=O) groups is 2. The minimum atomic E-state index is -0.875. The Kier molecular flexibility index (Phi) is 3.36. The quantitative estimate of drug-likeness (QED) is 0.789. The molecule has 2 unspecified atom stereocenters. The normalized spacial score (nSPS) is 37.9. The standard InChI is InChI=1S/C13H21NO4/c1-7-6-8(4-5-18-7)14-11(15)9-10(12(16)17)13(9,2)3/h7-10H,4-6H2,1-3H3,(H,14,15)(H,16,17)/t7?,8?,9-,10+/m0/s1. The highest BCUT2D eigenvalue weighted by atomic mass is 16.5. The zero-order valence-corrected chi connectivity index (χ0v) is 11.1. The lowest BCUT2D eigenvalue weighted by Crippen LogP contribution is -2.42. The van der Waals surface area contributed by atoms with E-state index in [1.807, 2.05) is 20.8 Å². The minimum absolute atomic E-state index is 0.118. The molecule has 1 aliphatic heterocycles. The first kappa shape index (κ1) is 13.3. The highest BCUT2D eigenvalue weighted by molar-refractivity contribution is 5.91. The summed E-state index contributed by atoms with van der Waals surface area (Å²) in [6, 6.07) is 0.118. The van der Waals surface area contributed by atoms with E-state index in [1.54, 1.807) is 0 Å². The van der Waals surface area contributed by atoms with Gasteiger partial charge in [0.15, 0.2) is 0 Å². The molecule has 0 radical (unpaired) electrons. The number of ether oxygens (including phenoxy) is 1. The maximum absolute atomic E-state index is 12.1. The summed E-state index contributed by atoms with van der Waals surface area (Å²) in [6.45, 7) is 6.31. The molecular weight excluding hydrogens is 234 g/mol. The van der Waals surface area contributed by atoms with E-state index in [4.69, 9.17) is 9.84 Å². The van der Waals surface area contributed by atoms with Crippen LogP contribution in [0.4, 0.5) is 0 Å². The first-order valence-corrected chi connectivity index (χ1v) is 6.49. The number of carboxylic acid groups (broad SMARTS) is 1. The molecule has 2 N–H and O–H groups in total. The summed E-state index contributed by atoms with van der Waals surface area (Å²) in [4.78, 5) is 23.1. The summed E-state index contributed by atoms with van der Waals surface area (Å²) < 4.78 is 5.42. The molecule has 2 fully saturated rings. The van der Waals surface area contributed by atoms with Crippen LogP contribution in [0.15, 0.2) is 0 Å². The van der Waals surface area contributed by atoms with Crippen LogP contribution in [0.1, 0.15) is 33.6 Å². The SMILES string of the molecule is CC1CC(NC(=O)[C@@H]2[C@H](C(=O)O)C2(C)C)CCO1. The van der Waals surface area contributed by atoms with Gasteiger partial charge in [-0.15, -0.1) is 0 Å². The van der Waals surface area contributed by atoms with Gasteiger partial charge in [-0.1, -0.05) is 13.8 Å². The Hall–Kier alpha value is -1.10. The lowest BCUT2D eigenvalue weighted by atomic mass is 10.0. The Labute approximate surface area is 107 Å². The van der Waals surface area contributed by atoms with Crippen LogP contribution in [0.25, 0.3) is 0 Å². The van der Waals surface area contributed by atoms with Crippen molar-refractivity contribution < 1.29 is 19.4 Å². The number of amides is 1.